The van der Waals surface area contributed by atoms with Crippen molar-refractivity contribution >= 4 is 5.78 Å². The van der Waals surface area contributed by atoms with Crippen molar-refractivity contribution in [1.82, 2.24) is 0 Å². The van der Waals surface area contributed by atoms with Crippen molar-refractivity contribution in [1.29, 1.82) is 0 Å². The van der Waals surface area contributed by atoms with Crippen LogP contribution in [0.15, 0.2) is 5.11 Å². The minimum atomic E-state index is 0.263. The molecule has 1 fully saturated rings. The van der Waals surface area contributed by atoms with Gasteiger partial charge in [-0.1, -0.05) is 5.11 Å². The summed E-state index contributed by atoms with van der Waals surface area (Å²) in [5.74, 6) is 0.662. The van der Waals surface area contributed by atoms with Crippen LogP contribution in [0.5, 0.6) is 0 Å². The first kappa shape index (κ1) is 9.07. The fourth-order valence-corrected chi connectivity index (χ4v) is 1.65. The monoisotopic (exact) mass is 167 g/mol. The van der Waals surface area contributed by atoms with Gasteiger partial charge in [-0.05, 0) is 31.2 Å². The maximum atomic E-state index is 11.1. The van der Waals surface area contributed by atoms with Gasteiger partial charge in [0.25, 0.3) is 0 Å². The molecule has 4 heteroatoms. The number of rotatable bonds is 4. The molecule has 0 aromatic rings. The lowest BCUT2D eigenvalue weighted by atomic mass is 10.0. The molecule has 0 aromatic heterocycles. The summed E-state index contributed by atoms with van der Waals surface area (Å²) in [5, 5.41) is 3.43. The summed E-state index contributed by atoms with van der Waals surface area (Å²) in [6.45, 7) is 0.528. The summed E-state index contributed by atoms with van der Waals surface area (Å²) in [5.41, 5.74) is 8.00. The Balaban J connectivity index is 2.14. The molecule has 1 aliphatic rings. The molecule has 0 saturated heterocycles. The lowest BCUT2D eigenvalue weighted by Crippen LogP contribution is -2.06. The number of hydrogen-bond donors (Lipinski definition) is 0. The van der Waals surface area contributed by atoms with E-state index in [1.165, 1.54) is 0 Å². The molecule has 1 unspecified atom stereocenters. The zero-order chi connectivity index (χ0) is 8.81. The van der Waals surface area contributed by atoms with Crippen LogP contribution in [0.2, 0.25) is 0 Å². The predicted molar refractivity (Wildman–Crippen MR) is 45.6 cm³/mol. The standard InChI is InChI=1S/C8H13N3O/c9-11-10-6-2-4-7-3-1-5-8(7)12/h7H,1-6H2. The quantitative estimate of drug-likeness (QED) is 0.274. The normalized spacial score (nSPS) is 22.3. The van der Waals surface area contributed by atoms with E-state index in [1.807, 2.05) is 0 Å². The summed E-state index contributed by atoms with van der Waals surface area (Å²) >= 11 is 0. The minimum Gasteiger partial charge on any atom is -0.299 e. The molecule has 1 aliphatic carbocycles. The summed E-state index contributed by atoms with van der Waals surface area (Å²) in [6.07, 6.45) is 4.59. The van der Waals surface area contributed by atoms with Crippen molar-refractivity contribution in [3.05, 3.63) is 10.4 Å². The van der Waals surface area contributed by atoms with Crippen LogP contribution in [0.1, 0.15) is 32.1 Å². The molecular weight excluding hydrogens is 154 g/mol. The average Bonchev–Trinajstić information content (AvgIpc) is 2.46. The molecule has 4 nitrogen and oxygen atoms in total. The van der Waals surface area contributed by atoms with Crippen molar-refractivity contribution in [2.75, 3.05) is 6.54 Å². The molecule has 1 saturated carbocycles. The highest BCUT2D eigenvalue weighted by molar-refractivity contribution is 5.82. The maximum absolute atomic E-state index is 11.1. The van der Waals surface area contributed by atoms with Crippen LogP contribution in [0, 0.1) is 5.92 Å². The van der Waals surface area contributed by atoms with E-state index in [0.717, 1.165) is 32.1 Å². The van der Waals surface area contributed by atoms with Gasteiger partial charge >= 0.3 is 0 Å². The number of Topliss-reactive ketones (excluding diaryl/α,β-unsaturated/α-hetero) is 1. The Hall–Kier alpha value is -1.02. The molecule has 0 radical (unpaired) electrons. The molecular formula is C8H13N3O. The third kappa shape index (κ3) is 2.55. The molecule has 0 aromatic carbocycles. The van der Waals surface area contributed by atoms with Gasteiger partial charge in [-0.15, -0.1) is 0 Å². The number of nitrogens with zero attached hydrogens (tertiary/aromatic N) is 3. The van der Waals surface area contributed by atoms with Gasteiger partial charge in [0.1, 0.15) is 5.78 Å². The first-order chi connectivity index (χ1) is 5.84. The SMILES string of the molecule is [N-]=[N+]=NCCCC1CCCC1=O. The Bertz CT molecular complexity index is 208. The molecule has 1 rings (SSSR count). The average molecular weight is 167 g/mol. The Kier molecular flexibility index (Phi) is 3.61. The van der Waals surface area contributed by atoms with Gasteiger partial charge in [0, 0.05) is 23.8 Å². The third-order valence-electron chi connectivity index (χ3n) is 2.31. The minimum absolute atomic E-state index is 0.263. The van der Waals surface area contributed by atoms with Gasteiger partial charge in [0.15, 0.2) is 0 Å². The van der Waals surface area contributed by atoms with Crippen LogP contribution in [0.3, 0.4) is 0 Å². The van der Waals surface area contributed by atoms with Crippen molar-refractivity contribution < 1.29 is 4.79 Å². The van der Waals surface area contributed by atoms with Gasteiger partial charge in [-0.3, -0.25) is 4.79 Å². The Morgan fingerprint density at radius 1 is 1.67 bits per heavy atom. The van der Waals surface area contributed by atoms with E-state index in [9.17, 15) is 4.79 Å². The Morgan fingerprint density at radius 3 is 3.08 bits per heavy atom. The van der Waals surface area contributed by atoms with E-state index >= 15 is 0 Å². The maximum Gasteiger partial charge on any atom is 0.135 e. The number of azide groups is 1. The second-order valence-corrected chi connectivity index (χ2v) is 3.15. The van der Waals surface area contributed by atoms with Crippen molar-refractivity contribution in [2.45, 2.75) is 32.1 Å². The van der Waals surface area contributed by atoms with E-state index < -0.39 is 0 Å². The van der Waals surface area contributed by atoms with Gasteiger partial charge in [0.05, 0.1) is 0 Å². The molecule has 12 heavy (non-hydrogen) atoms. The zero-order valence-electron chi connectivity index (χ0n) is 7.07. The largest absolute Gasteiger partial charge is 0.299 e. The highest BCUT2D eigenvalue weighted by Gasteiger charge is 2.23. The fraction of sp³-hybridized carbons (Fsp3) is 0.875. The molecule has 0 bridgehead atoms. The number of ketones is 1. The topological polar surface area (TPSA) is 65.8 Å². The lowest BCUT2D eigenvalue weighted by molar-refractivity contribution is -0.120. The highest BCUT2D eigenvalue weighted by Crippen LogP contribution is 2.25. The summed E-state index contributed by atoms with van der Waals surface area (Å²) in [4.78, 5) is 13.8. The zero-order valence-corrected chi connectivity index (χ0v) is 7.07. The molecule has 0 N–H and O–H groups in total. The molecule has 0 amide bonds. The van der Waals surface area contributed by atoms with Crippen LogP contribution in [0.25, 0.3) is 10.4 Å². The number of hydrogen-bond acceptors (Lipinski definition) is 2. The number of carbonyl (C=O) groups is 1. The van der Waals surface area contributed by atoms with Crippen molar-refractivity contribution in [3.8, 4) is 0 Å². The van der Waals surface area contributed by atoms with Crippen LogP contribution in [0.4, 0.5) is 0 Å². The van der Waals surface area contributed by atoms with Crippen molar-refractivity contribution in [2.24, 2.45) is 11.0 Å². The predicted octanol–water partition coefficient (Wildman–Crippen LogP) is 2.45. The smallest absolute Gasteiger partial charge is 0.135 e. The second kappa shape index (κ2) is 4.78. The van der Waals surface area contributed by atoms with Crippen LogP contribution < -0.4 is 0 Å². The van der Waals surface area contributed by atoms with Gasteiger partial charge < -0.3 is 0 Å². The molecule has 0 aliphatic heterocycles. The lowest BCUT2D eigenvalue weighted by Gasteiger charge is -2.04. The van der Waals surface area contributed by atoms with E-state index in [0.29, 0.717) is 12.3 Å². The molecule has 66 valence electrons. The summed E-state index contributed by atoms with van der Waals surface area (Å²) in [7, 11) is 0. The molecule has 0 heterocycles. The van der Waals surface area contributed by atoms with E-state index in [2.05, 4.69) is 10.0 Å². The third-order valence-corrected chi connectivity index (χ3v) is 2.31. The first-order valence-electron chi connectivity index (χ1n) is 4.38. The van der Waals surface area contributed by atoms with Crippen LogP contribution in [-0.4, -0.2) is 12.3 Å². The Labute approximate surface area is 71.6 Å². The highest BCUT2D eigenvalue weighted by atomic mass is 16.1. The number of carbonyl (C=O) groups excluding carboxylic acids is 1. The van der Waals surface area contributed by atoms with Crippen LogP contribution in [-0.2, 0) is 4.79 Å². The van der Waals surface area contributed by atoms with Gasteiger partial charge in [-0.2, -0.15) is 0 Å². The van der Waals surface area contributed by atoms with Crippen molar-refractivity contribution in [3.63, 3.8) is 0 Å². The van der Waals surface area contributed by atoms with E-state index in [4.69, 9.17) is 5.53 Å². The summed E-state index contributed by atoms with van der Waals surface area (Å²) < 4.78 is 0. The van der Waals surface area contributed by atoms with Gasteiger partial charge in [0.2, 0.25) is 0 Å². The Morgan fingerprint density at radius 2 is 2.50 bits per heavy atom. The van der Waals surface area contributed by atoms with E-state index in [-0.39, 0.29) is 5.92 Å². The van der Waals surface area contributed by atoms with Gasteiger partial charge in [-0.25, -0.2) is 0 Å². The summed E-state index contributed by atoms with van der Waals surface area (Å²) in [6, 6.07) is 0. The van der Waals surface area contributed by atoms with E-state index in [1.54, 1.807) is 0 Å². The first-order valence-corrected chi connectivity index (χ1v) is 4.38. The second-order valence-electron chi connectivity index (χ2n) is 3.15. The van der Waals surface area contributed by atoms with Crippen LogP contribution >= 0.6 is 0 Å². The molecule has 0 spiro atoms. The molecule has 1 atom stereocenters. The fourth-order valence-electron chi connectivity index (χ4n) is 1.65.